The lowest BCUT2D eigenvalue weighted by Gasteiger charge is -2.13. The number of aliphatic hydroxyl groups excluding tert-OH is 1. The molecule has 0 aromatic heterocycles. The van der Waals surface area contributed by atoms with Gasteiger partial charge in [-0.05, 0) is 42.8 Å². The Kier molecular flexibility index (Phi) is 6.46. The second kappa shape index (κ2) is 8.57. The van der Waals surface area contributed by atoms with Gasteiger partial charge in [-0.15, -0.1) is 0 Å². The Labute approximate surface area is 148 Å². The van der Waals surface area contributed by atoms with Gasteiger partial charge in [0.1, 0.15) is 0 Å². The van der Waals surface area contributed by atoms with E-state index in [1.54, 1.807) is 25.1 Å². The Morgan fingerprint density at radius 3 is 2.54 bits per heavy atom. The van der Waals surface area contributed by atoms with Gasteiger partial charge in [0, 0.05) is 5.69 Å². The first kappa shape index (κ1) is 19.6. The summed E-state index contributed by atoms with van der Waals surface area (Å²) in [5, 5.41) is 11.5. The van der Waals surface area contributed by atoms with E-state index in [-0.39, 0.29) is 12.3 Å². The van der Waals surface area contributed by atoms with Gasteiger partial charge in [0.15, 0.2) is 18.1 Å². The normalized spacial score (nSPS) is 11.1. The minimum atomic E-state index is -4.49. The highest BCUT2D eigenvalue weighted by Crippen LogP contribution is 2.31. The number of rotatable bonds is 7. The third-order valence-electron chi connectivity index (χ3n) is 3.32. The second-order valence-electron chi connectivity index (χ2n) is 5.29. The zero-order chi connectivity index (χ0) is 19.2. The molecule has 1 amide bonds. The van der Waals surface area contributed by atoms with E-state index in [0.29, 0.717) is 23.7 Å². The third kappa shape index (κ3) is 5.38. The molecule has 2 N–H and O–H groups in total. The number of nitrogens with one attached hydrogen (secondary N) is 1. The predicted octanol–water partition coefficient (Wildman–Crippen LogP) is 3.61. The number of carbonyl (C=O) groups excluding carboxylic acids is 1. The van der Waals surface area contributed by atoms with Gasteiger partial charge in [-0.2, -0.15) is 13.2 Å². The van der Waals surface area contributed by atoms with Gasteiger partial charge in [0.25, 0.3) is 5.91 Å². The molecule has 26 heavy (non-hydrogen) atoms. The maximum Gasteiger partial charge on any atom is 0.416 e. The molecule has 0 saturated heterocycles. The fourth-order valence-electron chi connectivity index (χ4n) is 2.15. The third-order valence-corrected chi connectivity index (χ3v) is 3.32. The first-order valence-corrected chi connectivity index (χ1v) is 7.80. The number of anilines is 1. The Morgan fingerprint density at radius 1 is 1.12 bits per heavy atom. The summed E-state index contributed by atoms with van der Waals surface area (Å²) in [6.45, 7) is 1.56. The number of hydrogen-bond donors (Lipinski definition) is 2. The fourth-order valence-corrected chi connectivity index (χ4v) is 2.15. The zero-order valence-electron chi connectivity index (χ0n) is 14.0. The molecule has 140 valence electrons. The van der Waals surface area contributed by atoms with Gasteiger partial charge < -0.3 is 19.9 Å². The van der Waals surface area contributed by atoms with Crippen molar-refractivity contribution in [2.45, 2.75) is 19.7 Å². The van der Waals surface area contributed by atoms with Crippen LogP contribution in [0, 0.1) is 0 Å². The van der Waals surface area contributed by atoms with E-state index in [4.69, 9.17) is 14.6 Å². The van der Waals surface area contributed by atoms with Crippen LogP contribution in [-0.2, 0) is 17.6 Å². The summed E-state index contributed by atoms with van der Waals surface area (Å²) in [4.78, 5) is 11.9. The lowest BCUT2D eigenvalue weighted by molar-refractivity contribution is -0.137. The van der Waals surface area contributed by atoms with Crippen molar-refractivity contribution in [3.05, 3.63) is 53.6 Å². The molecule has 0 aliphatic carbocycles. The number of ether oxygens (including phenoxy) is 2. The zero-order valence-corrected chi connectivity index (χ0v) is 14.0. The van der Waals surface area contributed by atoms with E-state index in [1.165, 1.54) is 12.1 Å². The van der Waals surface area contributed by atoms with Crippen molar-refractivity contribution in [1.82, 2.24) is 0 Å². The van der Waals surface area contributed by atoms with Crippen LogP contribution in [0.1, 0.15) is 18.1 Å². The van der Waals surface area contributed by atoms with Gasteiger partial charge in [-0.25, -0.2) is 0 Å². The van der Waals surface area contributed by atoms with E-state index in [1.807, 2.05) is 0 Å². The summed E-state index contributed by atoms with van der Waals surface area (Å²) < 4.78 is 48.8. The fraction of sp³-hybridized carbons (Fsp3) is 0.278. The van der Waals surface area contributed by atoms with Gasteiger partial charge in [0.2, 0.25) is 0 Å². The van der Waals surface area contributed by atoms with Crippen LogP contribution < -0.4 is 14.8 Å². The molecule has 2 aromatic carbocycles. The molecule has 0 atom stereocenters. The Hall–Kier alpha value is -2.74. The number of aliphatic hydroxyl groups is 1. The van der Waals surface area contributed by atoms with E-state index in [0.717, 1.165) is 12.1 Å². The monoisotopic (exact) mass is 369 g/mol. The largest absolute Gasteiger partial charge is 0.490 e. The molecule has 0 bridgehead atoms. The molecule has 5 nitrogen and oxygen atoms in total. The number of alkyl halides is 3. The van der Waals surface area contributed by atoms with Gasteiger partial charge in [-0.3, -0.25) is 4.79 Å². The first-order chi connectivity index (χ1) is 12.3. The van der Waals surface area contributed by atoms with Crippen LogP contribution in [0.5, 0.6) is 11.5 Å². The second-order valence-corrected chi connectivity index (χ2v) is 5.29. The van der Waals surface area contributed by atoms with Crippen LogP contribution in [0.25, 0.3) is 0 Å². The average molecular weight is 369 g/mol. The van der Waals surface area contributed by atoms with Crippen molar-refractivity contribution >= 4 is 11.6 Å². The van der Waals surface area contributed by atoms with Gasteiger partial charge in [0.05, 0.1) is 18.8 Å². The van der Waals surface area contributed by atoms with Gasteiger partial charge in [-0.1, -0.05) is 12.1 Å². The summed E-state index contributed by atoms with van der Waals surface area (Å²) in [7, 11) is 0. The molecule has 0 aliphatic heterocycles. The molecular formula is C18H18F3NO4. The highest BCUT2D eigenvalue weighted by molar-refractivity contribution is 5.92. The standard InChI is InChI=1S/C18H18F3NO4/c1-2-25-16-8-12(10-23)6-7-15(16)26-11-17(24)22-14-5-3-4-13(9-14)18(19,20)21/h3-9,23H,2,10-11H2,1H3,(H,22,24). The van der Waals surface area contributed by atoms with Crippen LogP contribution in [0.15, 0.2) is 42.5 Å². The lowest BCUT2D eigenvalue weighted by atomic mass is 10.2. The van der Waals surface area contributed by atoms with Crippen molar-refractivity contribution in [3.8, 4) is 11.5 Å². The molecule has 0 radical (unpaired) electrons. The number of benzene rings is 2. The Balaban J connectivity index is 2.01. The molecule has 0 unspecified atom stereocenters. The number of carbonyl (C=O) groups is 1. The van der Waals surface area contributed by atoms with Crippen LogP contribution in [0.2, 0.25) is 0 Å². The molecular weight excluding hydrogens is 351 g/mol. The van der Waals surface area contributed by atoms with Crippen molar-refractivity contribution < 1.29 is 32.5 Å². The first-order valence-electron chi connectivity index (χ1n) is 7.80. The SMILES string of the molecule is CCOc1cc(CO)ccc1OCC(=O)Nc1cccc(C(F)(F)F)c1. The maximum atomic E-state index is 12.7. The number of hydrogen-bond acceptors (Lipinski definition) is 4. The van der Waals surface area contributed by atoms with Crippen LogP contribution in [0.4, 0.5) is 18.9 Å². The Bertz CT molecular complexity index is 762. The topological polar surface area (TPSA) is 67.8 Å². The van der Waals surface area contributed by atoms with Gasteiger partial charge >= 0.3 is 6.18 Å². The molecule has 8 heteroatoms. The smallest absolute Gasteiger partial charge is 0.416 e. The lowest BCUT2D eigenvalue weighted by Crippen LogP contribution is -2.20. The molecule has 0 fully saturated rings. The summed E-state index contributed by atoms with van der Waals surface area (Å²) in [5.41, 5.74) is -0.210. The summed E-state index contributed by atoms with van der Waals surface area (Å²) in [6.07, 6.45) is -4.49. The summed E-state index contributed by atoms with van der Waals surface area (Å²) in [6, 6.07) is 9.08. The quantitative estimate of drug-likeness (QED) is 0.782. The molecule has 0 aliphatic rings. The minimum Gasteiger partial charge on any atom is -0.490 e. The van der Waals surface area contributed by atoms with E-state index in [2.05, 4.69) is 5.32 Å². The van der Waals surface area contributed by atoms with Crippen LogP contribution in [0.3, 0.4) is 0 Å². The molecule has 0 spiro atoms. The maximum absolute atomic E-state index is 12.7. The summed E-state index contributed by atoms with van der Waals surface area (Å²) >= 11 is 0. The molecule has 0 saturated carbocycles. The van der Waals surface area contributed by atoms with Crippen molar-refractivity contribution in [2.75, 3.05) is 18.5 Å². The van der Waals surface area contributed by atoms with Crippen LogP contribution >= 0.6 is 0 Å². The Morgan fingerprint density at radius 2 is 1.88 bits per heavy atom. The number of halogens is 3. The highest BCUT2D eigenvalue weighted by atomic mass is 19.4. The number of amides is 1. The van der Waals surface area contributed by atoms with E-state index >= 15 is 0 Å². The minimum absolute atomic E-state index is 0.0223. The molecule has 2 rings (SSSR count). The highest BCUT2D eigenvalue weighted by Gasteiger charge is 2.30. The van der Waals surface area contributed by atoms with E-state index in [9.17, 15) is 18.0 Å². The van der Waals surface area contributed by atoms with Crippen molar-refractivity contribution in [3.63, 3.8) is 0 Å². The van der Waals surface area contributed by atoms with E-state index < -0.39 is 24.3 Å². The summed E-state index contributed by atoms with van der Waals surface area (Å²) in [5.74, 6) is 0.0483. The van der Waals surface area contributed by atoms with Crippen molar-refractivity contribution in [1.29, 1.82) is 0 Å². The van der Waals surface area contributed by atoms with Crippen molar-refractivity contribution in [2.24, 2.45) is 0 Å². The molecule has 0 heterocycles. The van der Waals surface area contributed by atoms with Crippen LogP contribution in [-0.4, -0.2) is 24.2 Å². The average Bonchev–Trinajstić information content (AvgIpc) is 2.60. The molecule has 2 aromatic rings. The predicted molar refractivity (Wildman–Crippen MR) is 89.1 cm³/mol.